The SMILES string of the molecule is Cc1ccsc1CNC(=O)c1ccnc(N)c1. The highest BCUT2D eigenvalue weighted by molar-refractivity contribution is 7.10. The first-order valence-electron chi connectivity index (χ1n) is 5.19. The summed E-state index contributed by atoms with van der Waals surface area (Å²) in [5, 5.41) is 4.87. The summed E-state index contributed by atoms with van der Waals surface area (Å²) in [6.07, 6.45) is 1.53. The number of nitrogens with two attached hydrogens (primary N) is 1. The zero-order chi connectivity index (χ0) is 12.3. The summed E-state index contributed by atoms with van der Waals surface area (Å²) >= 11 is 1.64. The largest absolute Gasteiger partial charge is 0.384 e. The Morgan fingerprint density at radius 2 is 2.35 bits per heavy atom. The summed E-state index contributed by atoms with van der Waals surface area (Å²) in [5.41, 5.74) is 7.25. The number of aromatic nitrogens is 1. The Kier molecular flexibility index (Phi) is 3.39. The fourth-order valence-electron chi connectivity index (χ4n) is 1.44. The Hall–Kier alpha value is -1.88. The molecule has 0 spiro atoms. The van der Waals surface area contributed by atoms with E-state index in [0.29, 0.717) is 17.9 Å². The molecule has 0 aliphatic heterocycles. The third-order valence-corrected chi connectivity index (χ3v) is 3.44. The fraction of sp³-hybridized carbons (Fsp3) is 0.167. The monoisotopic (exact) mass is 247 g/mol. The molecule has 4 nitrogen and oxygen atoms in total. The topological polar surface area (TPSA) is 68.0 Å². The smallest absolute Gasteiger partial charge is 0.251 e. The molecule has 0 unspecified atom stereocenters. The van der Waals surface area contributed by atoms with E-state index in [9.17, 15) is 4.79 Å². The summed E-state index contributed by atoms with van der Waals surface area (Å²) in [5.74, 6) is 0.219. The molecule has 2 aromatic heterocycles. The number of rotatable bonds is 3. The number of nitrogens with zero attached hydrogens (tertiary/aromatic N) is 1. The molecule has 1 amide bonds. The van der Waals surface area contributed by atoms with Gasteiger partial charge >= 0.3 is 0 Å². The van der Waals surface area contributed by atoms with Crippen molar-refractivity contribution in [2.75, 3.05) is 5.73 Å². The van der Waals surface area contributed by atoms with Crippen molar-refractivity contribution in [1.82, 2.24) is 10.3 Å². The lowest BCUT2D eigenvalue weighted by Gasteiger charge is -2.05. The molecule has 3 N–H and O–H groups in total. The van der Waals surface area contributed by atoms with Gasteiger partial charge in [0.1, 0.15) is 5.82 Å². The molecule has 5 heteroatoms. The highest BCUT2D eigenvalue weighted by Crippen LogP contribution is 2.15. The maximum atomic E-state index is 11.8. The van der Waals surface area contributed by atoms with E-state index in [2.05, 4.69) is 10.3 Å². The minimum absolute atomic E-state index is 0.132. The van der Waals surface area contributed by atoms with Crippen LogP contribution in [0.4, 0.5) is 5.82 Å². The highest BCUT2D eigenvalue weighted by atomic mass is 32.1. The number of nitrogen functional groups attached to an aromatic ring is 1. The molecular weight excluding hydrogens is 234 g/mol. The first-order valence-corrected chi connectivity index (χ1v) is 6.07. The van der Waals surface area contributed by atoms with Crippen LogP contribution in [0.1, 0.15) is 20.8 Å². The first-order chi connectivity index (χ1) is 8.16. The average molecular weight is 247 g/mol. The summed E-state index contributed by atoms with van der Waals surface area (Å²) in [4.78, 5) is 16.8. The molecule has 0 fully saturated rings. The standard InChI is InChI=1S/C12H13N3OS/c1-8-3-5-17-10(8)7-15-12(16)9-2-4-14-11(13)6-9/h2-6H,7H2,1H3,(H2,13,14)(H,15,16). The van der Waals surface area contributed by atoms with Crippen LogP contribution in [0.3, 0.4) is 0 Å². The maximum absolute atomic E-state index is 11.8. The van der Waals surface area contributed by atoms with E-state index < -0.39 is 0 Å². The second-order valence-corrected chi connectivity index (χ2v) is 4.68. The van der Waals surface area contributed by atoms with Crippen LogP contribution in [0.15, 0.2) is 29.8 Å². The number of carbonyl (C=O) groups excluding carboxylic acids is 1. The van der Waals surface area contributed by atoms with Crippen molar-refractivity contribution in [3.8, 4) is 0 Å². The van der Waals surface area contributed by atoms with Gasteiger partial charge < -0.3 is 11.1 Å². The predicted octanol–water partition coefficient (Wildman–Crippen LogP) is 1.96. The van der Waals surface area contributed by atoms with Crippen LogP contribution in [0.25, 0.3) is 0 Å². The van der Waals surface area contributed by atoms with Crippen molar-refractivity contribution in [1.29, 1.82) is 0 Å². The van der Waals surface area contributed by atoms with Crippen molar-refractivity contribution in [2.24, 2.45) is 0 Å². The molecule has 2 heterocycles. The molecule has 2 aromatic rings. The van der Waals surface area contributed by atoms with Crippen molar-refractivity contribution in [2.45, 2.75) is 13.5 Å². The normalized spacial score (nSPS) is 10.2. The predicted molar refractivity (Wildman–Crippen MR) is 68.9 cm³/mol. The lowest BCUT2D eigenvalue weighted by molar-refractivity contribution is 0.0951. The molecule has 0 aliphatic rings. The highest BCUT2D eigenvalue weighted by Gasteiger charge is 2.07. The van der Waals surface area contributed by atoms with Gasteiger partial charge in [-0.05, 0) is 36.1 Å². The maximum Gasteiger partial charge on any atom is 0.251 e. The minimum Gasteiger partial charge on any atom is -0.384 e. The van der Waals surface area contributed by atoms with Crippen LogP contribution in [-0.4, -0.2) is 10.9 Å². The average Bonchev–Trinajstić information content (AvgIpc) is 2.72. The van der Waals surface area contributed by atoms with Crippen LogP contribution in [-0.2, 0) is 6.54 Å². The van der Waals surface area contributed by atoms with Crippen molar-refractivity contribution in [3.05, 3.63) is 45.8 Å². The van der Waals surface area contributed by atoms with Gasteiger partial charge in [-0.2, -0.15) is 0 Å². The number of amides is 1. The van der Waals surface area contributed by atoms with Gasteiger partial charge in [-0.1, -0.05) is 0 Å². The quantitative estimate of drug-likeness (QED) is 0.871. The Morgan fingerprint density at radius 3 is 3.00 bits per heavy atom. The third-order valence-electron chi connectivity index (χ3n) is 2.42. The van der Waals surface area contributed by atoms with E-state index in [1.54, 1.807) is 23.5 Å². The molecule has 0 aliphatic carbocycles. The molecule has 0 radical (unpaired) electrons. The molecule has 0 saturated carbocycles. The molecule has 2 rings (SSSR count). The van der Waals surface area contributed by atoms with E-state index in [4.69, 9.17) is 5.73 Å². The van der Waals surface area contributed by atoms with Crippen LogP contribution in [0.2, 0.25) is 0 Å². The number of pyridine rings is 1. The van der Waals surface area contributed by atoms with E-state index in [1.165, 1.54) is 16.6 Å². The molecule has 0 aromatic carbocycles. The minimum atomic E-state index is -0.132. The summed E-state index contributed by atoms with van der Waals surface area (Å²) in [7, 11) is 0. The fourth-order valence-corrected chi connectivity index (χ4v) is 2.28. The van der Waals surface area contributed by atoms with Gasteiger partial charge in [0.05, 0.1) is 6.54 Å². The van der Waals surface area contributed by atoms with Crippen LogP contribution >= 0.6 is 11.3 Å². The van der Waals surface area contributed by atoms with Crippen molar-refractivity contribution >= 4 is 23.1 Å². The summed E-state index contributed by atoms with van der Waals surface area (Å²) in [6.45, 7) is 2.58. The Labute approximate surface area is 103 Å². The van der Waals surface area contributed by atoms with Crippen molar-refractivity contribution < 1.29 is 4.79 Å². The van der Waals surface area contributed by atoms with Crippen LogP contribution < -0.4 is 11.1 Å². The van der Waals surface area contributed by atoms with Gasteiger partial charge in [0.25, 0.3) is 5.91 Å². The van der Waals surface area contributed by atoms with Gasteiger partial charge in [0.2, 0.25) is 0 Å². The van der Waals surface area contributed by atoms with Gasteiger partial charge in [-0.25, -0.2) is 4.98 Å². The van der Waals surface area contributed by atoms with Crippen LogP contribution in [0, 0.1) is 6.92 Å². The zero-order valence-corrected chi connectivity index (χ0v) is 10.3. The van der Waals surface area contributed by atoms with E-state index >= 15 is 0 Å². The van der Waals surface area contributed by atoms with E-state index in [-0.39, 0.29) is 5.91 Å². The lowest BCUT2D eigenvalue weighted by Crippen LogP contribution is -2.22. The molecule has 17 heavy (non-hydrogen) atoms. The zero-order valence-electron chi connectivity index (χ0n) is 9.43. The first kappa shape index (κ1) is 11.6. The number of anilines is 1. The molecular formula is C12H13N3OS. The number of hydrogen-bond acceptors (Lipinski definition) is 4. The second kappa shape index (κ2) is 4.97. The summed E-state index contributed by atoms with van der Waals surface area (Å²) in [6, 6.07) is 5.25. The number of carbonyl (C=O) groups is 1. The van der Waals surface area contributed by atoms with Crippen molar-refractivity contribution in [3.63, 3.8) is 0 Å². The van der Waals surface area contributed by atoms with E-state index in [0.717, 1.165) is 0 Å². The second-order valence-electron chi connectivity index (χ2n) is 3.68. The number of aryl methyl sites for hydroxylation is 1. The third kappa shape index (κ3) is 2.82. The van der Waals surface area contributed by atoms with Crippen LogP contribution in [0.5, 0.6) is 0 Å². The molecule has 0 bridgehead atoms. The molecule has 88 valence electrons. The molecule has 0 atom stereocenters. The lowest BCUT2D eigenvalue weighted by atomic mass is 10.2. The Morgan fingerprint density at radius 1 is 1.53 bits per heavy atom. The van der Waals surface area contributed by atoms with Gasteiger partial charge in [-0.15, -0.1) is 11.3 Å². The Balaban J connectivity index is 2.01. The number of hydrogen-bond donors (Lipinski definition) is 2. The number of thiophene rings is 1. The van der Waals surface area contributed by atoms with Gasteiger partial charge in [-0.3, -0.25) is 4.79 Å². The summed E-state index contributed by atoms with van der Waals surface area (Å²) < 4.78 is 0. The van der Waals surface area contributed by atoms with E-state index in [1.807, 2.05) is 18.4 Å². The van der Waals surface area contributed by atoms with Gasteiger partial charge in [0.15, 0.2) is 0 Å². The van der Waals surface area contributed by atoms with Gasteiger partial charge in [0, 0.05) is 16.6 Å². The Bertz CT molecular complexity index is 536. The molecule has 0 saturated heterocycles. The number of nitrogens with one attached hydrogen (secondary N) is 1.